The highest BCUT2D eigenvalue weighted by Crippen LogP contribution is 2.29. The maximum atomic E-state index is 11.5. The van der Waals surface area contributed by atoms with Crippen molar-refractivity contribution in [1.29, 1.82) is 0 Å². The monoisotopic (exact) mass is 392 g/mol. The number of rotatable bonds is 5. The third kappa shape index (κ3) is 4.00. The van der Waals surface area contributed by atoms with Gasteiger partial charge in [-0.1, -0.05) is 18.2 Å². The van der Waals surface area contributed by atoms with Gasteiger partial charge in [0.2, 0.25) is 0 Å². The van der Waals surface area contributed by atoms with E-state index in [1.165, 1.54) is 0 Å². The molecule has 7 heteroatoms. The van der Waals surface area contributed by atoms with Crippen LogP contribution in [-0.4, -0.2) is 47.3 Å². The molecule has 2 aromatic carbocycles. The highest BCUT2D eigenvalue weighted by molar-refractivity contribution is 5.94. The Labute approximate surface area is 169 Å². The first-order valence-corrected chi connectivity index (χ1v) is 9.72. The summed E-state index contributed by atoms with van der Waals surface area (Å²) >= 11 is 0. The molecule has 0 radical (unpaired) electrons. The van der Waals surface area contributed by atoms with E-state index in [9.17, 15) is 9.90 Å². The summed E-state index contributed by atoms with van der Waals surface area (Å²) in [6.45, 7) is 6.99. The van der Waals surface area contributed by atoms with E-state index in [-0.39, 0.29) is 11.6 Å². The third-order valence-electron chi connectivity index (χ3n) is 5.14. The number of morpholine rings is 1. The van der Waals surface area contributed by atoms with Crippen molar-refractivity contribution in [2.45, 2.75) is 19.9 Å². The van der Waals surface area contributed by atoms with Crippen LogP contribution in [0.15, 0.2) is 42.6 Å². The molecule has 0 aliphatic carbocycles. The maximum Gasteiger partial charge on any atom is 0.337 e. The van der Waals surface area contributed by atoms with Gasteiger partial charge in [-0.3, -0.25) is 4.98 Å². The van der Waals surface area contributed by atoms with Gasteiger partial charge in [0, 0.05) is 24.3 Å². The van der Waals surface area contributed by atoms with Crippen LogP contribution in [0.1, 0.15) is 34.5 Å². The average Bonchev–Trinajstić information content (AvgIpc) is 2.73. The van der Waals surface area contributed by atoms with Crippen LogP contribution in [0.5, 0.6) is 0 Å². The van der Waals surface area contributed by atoms with Gasteiger partial charge in [0.05, 0.1) is 42.0 Å². The Kier molecular flexibility index (Phi) is 5.31. The van der Waals surface area contributed by atoms with Crippen LogP contribution in [0.25, 0.3) is 11.0 Å². The zero-order valence-corrected chi connectivity index (χ0v) is 16.6. The normalized spacial score (nSPS) is 15.3. The van der Waals surface area contributed by atoms with Crippen molar-refractivity contribution in [3.8, 4) is 0 Å². The van der Waals surface area contributed by atoms with Crippen molar-refractivity contribution >= 4 is 28.5 Å². The number of aromatic carboxylic acids is 1. The second-order valence-electron chi connectivity index (χ2n) is 7.27. The second-order valence-corrected chi connectivity index (χ2v) is 7.27. The number of para-hydroxylation sites is 1. The number of carboxylic acids is 1. The van der Waals surface area contributed by atoms with Crippen LogP contribution >= 0.6 is 0 Å². The lowest BCUT2D eigenvalue weighted by molar-refractivity contribution is 0.0698. The number of nitrogens with zero attached hydrogens (tertiary/aromatic N) is 3. The van der Waals surface area contributed by atoms with Gasteiger partial charge in [-0.15, -0.1) is 0 Å². The third-order valence-corrected chi connectivity index (χ3v) is 5.14. The van der Waals surface area contributed by atoms with Crippen LogP contribution < -0.4 is 10.2 Å². The van der Waals surface area contributed by atoms with E-state index in [0.29, 0.717) is 18.9 Å². The molecule has 0 bridgehead atoms. The van der Waals surface area contributed by atoms with Gasteiger partial charge in [0.1, 0.15) is 5.82 Å². The Morgan fingerprint density at radius 1 is 1.24 bits per heavy atom. The number of carboxylic acid groups (broad SMARTS) is 1. The Morgan fingerprint density at radius 2 is 2.00 bits per heavy atom. The number of carbonyl (C=O) groups is 1. The van der Waals surface area contributed by atoms with Crippen molar-refractivity contribution in [1.82, 2.24) is 9.97 Å². The molecule has 2 N–H and O–H groups in total. The van der Waals surface area contributed by atoms with Gasteiger partial charge in [0.25, 0.3) is 0 Å². The fourth-order valence-electron chi connectivity index (χ4n) is 3.66. The van der Waals surface area contributed by atoms with Crippen LogP contribution in [0, 0.1) is 6.92 Å². The van der Waals surface area contributed by atoms with E-state index in [2.05, 4.69) is 21.3 Å². The quantitative estimate of drug-likeness (QED) is 0.685. The summed E-state index contributed by atoms with van der Waals surface area (Å²) in [5.74, 6) is -0.118. The number of hydrogen-bond acceptors (Lipinski definition) is 6. The molecule has 1 atom stereocenters. The molecule has 7 nitrogen and oxygen atoms in total. The molecule has 4 rings (SSSR count). The SMILES string of the molecule is Cc1cc([C@H](C)Nc2ccccc2C(=O)O)c2nc(N3CCOCC3)cnc2c1. The number of hydrogen-bond donors (Lipinski definition) is 2. The number of ether oxygens (including phenoxy) is 1. The number of fused-ring (bicyclic) bond motifs is 1. The molecule has 1 fully saturated rings. The smallest absolute Gasteiger partial charge is 0.337 e. The van der Waals surface area contributed by atoms with Crippen LogP contribution in [0.3, 0.4) is 0 Å². The fourth-order valence-corrected chi connectivity index (χ4v) is 3.66. The van der Waals surface area contributed by atoms with Crippen molar-refractivity contribution in [3.05, 3.63) is 59.3 Å². The molecular weight excluding hydrogens is 368 g/mol. The number of anilines is 2. The van der Waals surface area contributed by atoms with Crippen molar-refractivity contribution < 1.29 is 14.6 Å². The second kappa shape index (κ2) is 8.05. The largest absolute Gasteiger partial charge is 0.478 e. The molecule has 150 valence electrons. The van der Waals surface area contributed by atoms with Gasteiger partial charge >= 0.3 is 5.97 Å². The topological polar surface area (TPSA) is 87.6 Å². The number of aromatic nitrogens is 2. The van der Waals surface area contributed by atoms with Gasteiger partial charge in [-0.25, -0.2) is 9.78 Å². The zero-order chi connectivity index (χ0) is 20.4. The van der Waals surface area contributed by atoms with Crippen molar-refractivity contribution in [3.63, 3.8) is 0 Å². The number of benzene rings is 2. The fraction of sp³-hybridized carbons (Fsp3) is 0.318. The molecular formula is C22H24N4O3. The summed E-state index contributed by atoms with van der Waals surface area (Å²) in [5.41, 5.74) is 4.56. The first-order chi connectivity index (χ1) is 14.0. The molecule has 0 unspecified atom stereocenters. The summed E-state index contributed by atoms with van der Waals surface area (Å²) in [4.78, 5) is 23.3. The molecule has 0 saturated carbocycles. The summed E-state index contributed by atoms with van der Waals surface area (Å²) in [6, 6.07) is 10.9. The van der Waals surface area contributed by atoms with E-state index in [4.69, 9.17) is 9.72 Å². The molecule has 1 aliphatic rings. The number of aryl methyl sites for hydroxylation is 1. The lowest BCUT2D eigenvalue weighted by Crippen LogP contribution is -2.36. The number of nitrogens with one attached hydrogen (secondary N) is 1. The van der Waals surface area contributed by atoms with Crippen molar-refractivity contribution in [2.24, 2.45) is 0 Å². The molecule has 0 amide bonds. The average molecular weight is 392 g/mol. The van der Waals surface area contributed by atoms with Gasteiger partial charge in [0.15, 0.2) is 0 Å². The summed E-state index contributed by atoms with van der Waals surface area (Å²) in [5, 5.41) is 12.8. The van der Waals surface area contributed by atoms with Crippen LogP contribution in [0.4, 0.5) is 11.5 Å². The molecule has 1 aliphatic heterocycles. The standard InChI is InChI=1S/C22H24N4O3/c1-14-11-17(15(2)24-18-6-4-3-5-16(18)22(27)28)21-19(12-14)23-13-20(25-21)26-7-9-29-10-8-26/h3-6,11-13,15,24H,7-10H2,1-2H3,(H,27,28)/t15-/m0/s1. The molecule has 0 spiro atoms. The maximum absolute atomic E-state index is 11.5. The molecule has 3 aromatic rings. The predicted octanol–water partition coefficient (Wildman–Crippen LogP) is 3.65. The van der Waals surface area contributed by atoms with Gasteiger partial charge in [-0.2, -0.15) is 0 Å². The summed E-state index contributed by atoms with van der Waals surface area (Å²) in [6.07, 6.45) is 1.81. The first kappa shape index (κ1) is 19.1. The highest BCUT2D eigenvalue weighted by atomic mass is 16.5. The van der Waals surface area contributed by atoms with Crippen LogP contribution in [-0.2, 0) is 4.74 Å². The Morgan fingerprint density at radius 3 is 2.76 bits per heavy atom. The molecule has 29 heavy (non-hydrogen) atoms. The van der Waals surface area contributed by atoms with E-state index in [1.807, 2.05) is 32.2 Å². The Balaban J connectivity index is 1.72. The van der Waals surface area contributed by atoms with Crippen molar-refractivity contribution in [2.75, 3.05) is 36.5 Å². The Bertz CT molecular complexity index is 1050. The zero-order valence-electron chi connectivity index (χ0n) is 16.6. The van der Waals surface area contributed by atoms with E-state index >= 15 is 0 Å². The Hall–Kier alpha value is -3.19. The lowest BCUT2D eigenvalue weighted by Gasteiger charge is -2.28. The van der Waals surface area contributed by atoms with E-state index in [1.54, 1.807) is 18.2 Å². The molecule has 1 aromatic heterocycles. The molecule has 2 heterocycles. The lowest BCUT2D eigenvalue weighted by atomic mass is 10.0. The summed E-state index contributed by atoms with van der Waals surface area (Å²) in [7, 11) is 0. The van der Waals surface area contributed by atoms with Gasteiger partial charge in [-0.05, 0) is 37.6 Å². The first-order valence-electron chi connectivity index (χ1n) is 9.72. The minimum Gasteiger partial charge on any atom is -0.478 e. The van der Waals surface area contributed by atoms with E-state index < -0.39 is 5.97 Å². The van der Waals surface area contributed by atoms with Crippen LogP contribution in [0.2, 0.25) is 0 Å². The van der Waals surface area contributed by atoms with E-state index in [0.717, 1.165) is 41.1 Å². The summed E-state index contributed by atoms with van der Waals surface area (Å²) < 4.78 is 5.44. The minimum absolute atomic E-state index is 0.146. The molecule has 1 saturated heterocycles. The minimum atomic E-state index is -0.955. The van der Waals surface area contributed by atoms with Gasteiger partial charge < -0.3 is 20.1 Å². The predicted molar refractivity (Wildman–Crippen MR) is 113 cm³/mol. The highest BCUT2D eigenvalue weighted by Gasteiger charge is 2.18.